The van der Waals surface area contributed by atoms with Crippen molar-refractivity contribution < 1.29 is 4.79 Å². The number of halogens is 3. The predicted molar refractivity (Wildman–Crippen MR) is 85.9 cm³/mol. The molecule has 1 N–H and O–H groups in total. The van der Waals surface area contributed by atoms with E-state index in [1.165, 1.54) is 0 Å². The van der Waals surface area contributed by atoms with Crippen molar-refractivity contribution in [1.29, 1.82) is 0 Å². The number of aromatic nitrogens is 1. The standard InChI is InChI=1S/C15H8BrCl2NO/c16-13-3-1-8(17)6-11(13)15(20)12-7-19-14-4-2-9(18)5-10(12)14/h1-7,19H. The van der Waals surface area contributed by atoms with Crippen LogP contribution >= 0.6 is 39.1 Å². The molecule has 3 aromatic rings. The zero-order valence-electron chi connectivity index (χ0n) is 10.1. The summed E-state index contributed by atoms with van der Waals surface area (Å²) >= 11 is 15.3. The monoisotopic (exact) mass is 367 g/mol. The zero-order valence-corrected chi connectivity index (χ0v) is 13.2. The molecule has 2 aromatic carbocycles. The predicted octanol–water partition coefficient (Wildman–Crippen LogP) is 5.47. The first-order valence-corrected chi connectivity index (χ1v) is 7.37. The lowest BCUT2D eigenvalue weighted by Crippen LogP contribution is -2.01. The molecular weight excluding hydrogens is 361 g/mol. The third-order valence-electron chi connectivity index (χ3n) is 3.06. The zero-order chi connectivity index (χ0) is 14.3. The van der Waals surface area contributed by atoms with E-state index in [0.717, 1.165) is 10.9 Å². The summed E-state index contributed by atoms with van der Waals surface area (Å²) in [5, 5.41) is 1.92. The number of benzene rings is 2. The summed E-state index contributed by atoms with van der Waals surface area (Å²) in [5.41, 5.74) is 1.97. The highest BCUT2D eigenvalue weighted by Crippen LogP contribution is 2.28. The minimum absolute atomic E-state index is 0.104. The average Bonchev–Trinajstić information content (AvgIpc) is 2.83. The number of ketones is 1. The van der Waals surface area contributed by atoms with Crippen LogP contribution in [0.1, 0.15) is 15.9 Å². The van der Waals surface area contributed by atoms with E-state index in [4.69, 9.17) is 23.2 Å². The van der Waals surface area contributed by atoms with E-state index in [1.54, 1.807) is 36.5 Å². The van der Waals surface area contributed by atoms with Gasteiger partial charge in [-0.25, -0.2) is 0 Å². The lowest BCUT2D eigenvalue weighted by Gasteiger charge is -2.04. The van der Waals surface area contributed by atoms with Crippen molar-refractivity contribution in [2.45, 2.75) is 0 Å². The highest BCUT2D eigenvalue weighted by atomic mass is 79.9. The van der Waals surface area contributed by atoms with Crippen molar-refractivity contribution in [3.63, 3.8) is 0 Å². The van der Waals surface area contributed by atoms with Crippen LogP contribution in [0.4, 0.5) is 0 Å². The normalized spacial score (nSPS) is 10.9. The Balaban J connectivity index is 2.17. The first-order valence-electron chi connectivity index (χ1n) is 5.82. The van der Waals surface area contributed by atoms with Crippen molar-refractivity contribution in [3.8, 4) is 0 Å². The molecule has 1 heterocycles. The number of carbonyl (C=O) groups excluding carboxylic acids is 1. The Labute approximate surface area is 133 Å². The molecule has 0 radical (unpaired) electrons. The van der Waals surface area contributed by atoms with E-state index in [-0.39, 0.29) is 5.78 Å². The van der Waals surface area contributed by atoms with Crippen LogP contribution in [0.3, 0.4) is 0 Å². The molecule has 0 atom stereocenters. The minimum atomic E-state index is -0.104. The molecule has 0 aliphatic heterocycles. The van der Waals surface area contributed by atoms with Gasteiger partial charge in [-0.3, -0.25) is 4.79 Å². The SMILES string of the molecule is O=C(c1cc(Cl)ccc1Br)c1c[nH]c2ccc(Cl)cc12. The van der Waals surface area contributed by atoms with Crippen molar-refractivity contribution in [3.05, 3.63) is 68.2 Å². The fourth-order valence-corrected chi connectivity index (χ4v) is 2.87. The van der Waals surface area contributed by atoms with Crippen LogP contribution in [-0.4, -0.2) is 10.8 Å². The highest BCUT2D eigenvalue weighted by Gasteiger charge is 2.17. The maximum atomic E-state index is 12.7. The van der Waals surface area contributed by atoms with Crippen LogP contribution in [0.2, 0.25) is 10.0 Å². The summed E-state index contributed by atoms with van der Waals surface area (Å²) in [6.07, 6.45) is 1.69. The fourth-order valence-electron chi connectivity index (χ4n) is 2.10. The maximum Gasteiger partial charge on any atom is 0.196 e. The summed E-state index contributed by atoms with van der Waals surface area (Å²) in [5.74, 6) is -0.104. The lowest BCUT2D eigenvalue weighted by atomic mass is 10.0. The van der Waals surface area contributed by atoms with Gasteiger partial charge in [-0.15, -0.1) is 0 Å². The molecule has 5 heteroatoms. The van der Waals surface area contributed by atoms with E-state index >= 15 is 0 Å². The number of hydrogen-bond acceptors (Lipinski definition) is 1. The highest BCUT2D eigenvalue weighted by molar-refractivity contribution is 9.10. The average molecular weight is 369 g/mol. The smallest absolute Gasteiger partial charge is 0.196 e. The van der Waals surface area contributed by atoms with Crippen molar-refractivity contribution >= 4 is 55.8 Å². The lowest BCUT2D eigenvalue weighted by molar-refractivity contribution is 0.103. The fraction of sp³-hybridized carbons (Fsp3) is 0. The molecule has 0 spiro atoms. The van der Waals surface area contributed by atoms with Crippen LogP contribution in [-0.2, 0) is 0 Å². The van der Waals surface area contributed by atoms with Crippen LogP contribution in [0.25, 0.3) is 10.9 Å². The molecule has 3 rings (SSSR count). The first kappa shape index (κ1) is 13.7. The molecule has 20 heavy (non-hydrogen) atoms. The second-order valence-corrected chi connectivity index (χ2v) is 6.07. The van der Waals surface area contributed by atoms with Gasteiger partial charge >= 0.3 is 0 Å². The minimum Gasteiger partial charge on any atom is -0.360 e. The summed E-state index contributed by atoms with van der Waals surface area (Å²) in [6, 6.07) is 10.5. The number of nitrogens with one attached hydrogen (secondary N) is 1. The number of fused-ring (bicyclic) bond motifs is 1. The third-order valence-corrected chi connectivity index (χ3v) is 4.22. The summed E-state index contributed by atoms with van der Waals surface area (Å²) < 4.78 is 0.711. The van der Waals surface area contributed by atoms with Crippen LogP contribution in [0, 0.1) is 0 Å². The Morgan fingerprint density at radius 2 is 1.70 bits per heavy atom. The number of rotatable bonds is 2. The maximum absolute atomic E-state index is 12.7. The Bertz CT molecular complexity index is 826. The molecule has 0 unspecified atom stereocenters. The molecule has 0 aliphatic rings. The molecule has 0 saturated heterocycles. The molecule has 0 bridgehead atoms. The second-order valence-electron chi connectivity index (χ2n) is 4.35. The molecule has 0 aliphatic carbocycles. The topological polar surface area (TPSA) is 32.9 Å². The molecule has 100 valence electrons. The van der Waals surface area contributed by atoms with E-state index in [2.05, 4.69) is 20.9 Å². The molecule has 0 saturated carbocycles. The van der Waals surface area contributed by atoms with Gasteiger partial charge in [0, 0.05) is 42.7 Å². The van der Waals surface area contributed by atoms with Crippen LogP contribution < -0.4 is 0 Å². The van der Waals surface area contributed by atoms with Gasteiger partial charge in [-0.05, 0) is 36.4 Å². The third kappa shape index (κ3) is 2.37. The van der Waals surface area contributed by atoms with Gasteiger partial charge < -0.3 is 4.98 Å². The number of hydrogen-bond donors (Lipinski definition) is 1. The van der Waals surface area contributed by atoms with E-state index in [9.17, 15) is 4.79 Å². The molecule has 0 amide bonds. The molecule has 2 nitrogen and oxygen atoms in total. The van der Waals surface area contributed by atoms with Gasteiger partial charge in [0.1, 0.15) is 0 Å². The van der Waals surface area contributed by atoms with Gasteiger partial charge in [-0.2, -0.15) is 0 Å². The van der Waals surface area contributed by atoms with E-state index < -0.39 is 0 Å². The van der Waals surface area contributed by atoms with Gasteiger partial charge in [0.2, 0.25) is 0 Å². The Morgan fingerprint density at radius 3 is 2.50 bits per heavy atom. The van der Waals surface area contributed by atoms with E-state index in [1.807, 2.05) is 6.07 Å². The Morgan fingerprint density at radius 1 is 1.00 bits per heavy atom. The summed E-state index contributed by atoms with van der Waals surface area (Å²) in [7, 11) is 0. The number of H-pyrrole nitrogens is 1. The van der Waals surface area contributed by atoms with Gasteiger partial charge in [0.15, 0.2) is 5.78 Å². The van der Waals surface area contributed by atoms with Crippen LogP contribution in [0.5, 0.6) is 0 Å². The second kappa shape index (κ2) is 5.24. The Hall–Kier alpha value is -1.29. The number of aromatic amines is 1. The van der Waals surface area contributed by atoms with Crippen LogP contribution in [0.15, 0.2) is 47.1 Å². The molecule has 0 fully saturated rings. The van der Waals surface area contributed by atoms with Crippen molar-refractivity contribution in [1.82, 2.24) is 4.98 Å². The number of carbonyl (C=O) groups is 1. The van der Waals surface area contributed by atoms with Gasteiger partial charge in [-0.1, -0.05) is 39.1 Å². The van der Waals surface area contributed by atoms with Gasteiger partial charge in [0.25, 0.3) is 0 Å². The van der Waals surface area contributed by atoms with Gasteiger partial charge in [0.05, 0.1) is 0 Å². The largest absolute Gasteiger partial charge is 0.360 e. The Kier molecular flexibility index (Phi) is 3.59. The van der Waals surface area contributed by atoms with E-state index in [0.29, 0.717) is 25.6 Å². The first-order chi connectivity index (χ1) is 9.56. The van der Waals surface area contributed by atoms with Crippen molar-refractivity contribution in [2.24, 2.45) is 0 Å². The quantitative estimate of drug-likeness (QED) is 0.598. The summed E-state index contributed by atoms with van der Waals surface area (Å²) in [4.78, 5) is 15.7. The summed E-state index contributed by atoms with van der Waals surface area (Å²) in [6.45, 7) is 0. The molecular formula is C15H8BrCl2NO. The van der Waals surface area contributed by atoms with Crippen molar-refractivity contribution in [2.75, 3.05) is 0 Å². The molecule has 1 aromatic heterocycles.